The molecule has 1 amide bonds. The van der Waals surface area contributed by atoms with Gasteiger partial charge in [-0.1, -0.05) is 24.3 Å². The van der Waals surface area contributed by atoms with Crippen LogP contribution < -0.4 is 5.43 Å². The molecule has 0 bridgehead atoms. The van der Waals surface area contributed by atoms with Gasteiger partial charge in [-0.05, 0) is 55.6 Å². The Balaban J connectivity index is 1.74. The molecule has 0 aliphatic heterocycles. The molecule has 3 aromatic heterocycles. The molecule has 1 aromatic carbocycles. The second-order valence-electron chi connectivity index (χ2n) is 6.75. The lowest BCUT2D eigenvalue weighted by Gasteiger charge is -2.10. The topological polar surface area (TPSA) is 75.6 Å². The second kappa shape index (κ2) is 8.23. The van der Waals surface area contributed by atoms with Crippen molar-refractivity contribution in [2.45, 2.75) is 13.8 Å². The molecular weight excluding hydrogens is 394 g/mol. The first-order chi connectivity index (χ1) is 14.6. The van der Waals surface area contributed by atoms with Crippen LogP contribution in [0.5, 0.6) is 0 Å². The van der Waals surface area contributed by atoms with Crippen molar-refractivity contribution in [2.75, 3.05) is 5.43 Å². The molecule has 0 aliphatic carbocycles. The van der Waals surface area contributed by atoms with Gasteiger partial charge < -0.3 is 0 Å². The Morgan fingerprint density at radius 3 is 2.47 bits per heavy atom. The van der Waals surface area contributed by atoms with Gasteiger partial charge in [0, 0.05) is 23.1 Å². The van der Waals surface area contributed by atoms with E-state index in [4.69, 9.17) is 5.10 Å². The molecule has 148 valence electrons. The number of hydrogen-bond donors (Lipinski definition) is 1. The molecule has 4 aromatic rings. The predicted molar refractivity (Wildman–Crippen MR) is 119 cm³/mol. The summed E-state index contributed by atoms with van der Waals surface area (Å²) in [5, 5.41) is 16.3. The second-order valence-corrected chi connectivity index (χ2v) is 7.70. The number of thiophene rings is 1. The summed E-state index contributed by atoms with van der Waals surface area (Å²) in [6.07, 6.45) is 3.42. The number of para-hydroxylation sites is 1. The van der Waals surface area contributed by atoms with E-state index >= 15 is 0 Å². The third-order valence-corrected chi connectivity index (χ3v) is 5.54. The number of hydrogen-bond acceptors (Lipinski definition) is 4. The Bertz CT molecular complexity index is 1240. The van der Waals surface area contributed by atoms with E-state index in [-0.39, 0.29) is 5.57 Å². The molecule has 0 fully saturated rings. The van der Waals surface area contributed by atoms with Gasteiger partial charge in [-0.2, -0.15) is 10.4 Å². The summed E-state index contributed by atoms with van der Waals surface area (Å²) in [4.78, 5) is 13.7. The molecule has 4 rings (SSSR count). The number of aromatic nitrogens is 3. The van der Waals surface area contributed by atoms with Crippen LogP contribution in [0.4, 0.5) is 0 Å². The Hall–Kier alpha value is -3.89. The smallest absolute Gasteiger partial charge is 0.267 e. The number of carbonyl (C=O) groups excluding carboxylic acids is 1. The SMILES string of the molecule is Cc1ccc(C)n1NC(=O)/C(C#N)=C/c1cn(-c2ccccc2)nc1-c1cccs1. The molecule has 30 heavy (non-hydrogen) atoms. The van der Waals surface area contributed by atoms with E-state index < -0.39 is 5.91 Å². The first kappa shape index (κ1) is 19.4. The van der Waals surface area contributed by atoms with Crippen LogP contribution in [0.2, 0.25) is 0 Å². The van der Waals surface area contributed by atoms with Gasteiger partial charge in [0.25, 0.3) is 5.91 Å². The quantitative estimate of drug-likeness (QED) is 0.381. The van der Waals surface area contributed by atoms with Crippen molar-refractivity contribution in [2.24, 2.45) is 0 Å². The number of rotatable bonds is 5. The first-order valence-corrected chi connectivity index (χ1v) is 10.2. The highest BCUT2D eigenvalue weighted by molar-refractivity contribution is 7.13. The number of benzene rings is 1. The number of carbonyl (C=O) groups is 1. The maximum atomic E-state index is 12.8. The molecule has 6 nitrogen and oxygen atoms in total. The molecule has 0 aliphatic rings. The van der Waals surface area contributed by atoms with Gasteiger partial charge in [0.15, 0.2) is 0 Å². The zero-order chi connectivity index (χ0) is 21.1. The highest BCUT2D eigenvalue weighted by Crippen LogP contribution is 2.29. The minimum absolute atomic E-state index is 0.00733. The summed E-state index contributed by atoms with van der Waals surface area (Å²) in [6.45, 7) is 3.78. The maximum Gasteiger partial charge on any atom is 0.280 e. The van der Waals surface area contributed by atoms with Crippen LogP contribution >= 0.6 is 11.3 Å². The molecular formula is C23H19N5OS. The Morgan fingerprint density at radius 2 is 1.83 bits per heavy atom. The first-order valence-electron chi connectivity index (χ1n) is 9.34. The van der Waals surface area contributed by atoms with E-state index in [1.54, 1.807) is 26.8 Å². The zero-order valence-electron chi connectivity index (χ0n) is 16.5. The Labute approximate surface area is 178 Å². The van der Waals surface area contributed by atoms with E-state index in [0.29, 0.717) is 5.56 Å². The lowest BCUT2D eigenvalue weighted by atomic mass is 10.1. The summed E-state index contributed by atoms with van der Waals surface area (Å²) in [7, 11) is 0. The van der Waals surface area contributed by atoms with Crippen molar-refractivity contribution in [3.63, 3.8) is 0 Å². The van der Waals surface area contributed by atoms with Crippen LogP contribution in [0, 0.1) is 25.2 Å². The predicted octanol–water partition coefficient (Wildman–Crippen LogP) is 4.70. The summed E-state index contributed by atoms with van der Waals surface area (Å²) in [5.74, 6) is -0.468. The summed E-state index contributed by atoms with van der Waals surface area (Å²) >= 11 is 1.56. The number of nitriles is 1. The van der Waals surface area contributed by atoms with Gasteiger partial charge >= 0.3 is 0 Å². The van der Waals surface area contributed by atoms with Crippen LogP contribution in [-0.2, 0) is 4.79 Å². The molecule has 3 heterocycles. The van der Waals surface area contributed by atoms with Gasteiger partial charge in [-0.25, -0.2) is 4.68 Å². The molecule has 0 atom stereocenters. The van der Waals surface area contributed by atoms with Crippen molar-refractivity contribution >= 4 is 23.3 Å². The van der Waals surface area contributed by atoms with Gasteiger partial charge in [-0.15, -0.1) is 11.3 Å². The Kier molecular flexibility index (Phi) is 5.33. The van der Waals surface area contributed by atoms with Gasteiger partial charge in [0.2, 0.25) is 0 Å². The monoisotopic (exact) mass is 413 g/mol. The average molecular weight is 414 g/mol. The number of nitrogens with zero attached hydrogens (tertiary/aromatic N) is 4. The van der Waals surface area contributed by atoms with E-state index in [1.807, 2.05) is 86.1 Å². The van der Waals surface area contributed by atoms with Crippen molar-refractivity contribution in [1.82, 2.24) is 14.5 Å². The van der Waals surface area contributed by atoms with E-state index in [9.17, 15) is 10.1 Å². The van der Waals surface area contributed by atoms with Crippen molar-refractivity contribution in [1.29, 1.82) is 5.26 Å². The summed E-state index contributed by atoms with van der Waals surface area (Å²) in [6, 6.07) is 19.5. The van der Waals surface area contributed by atoms with Crippen molar-refractivity contribution in [3.8, 4) is 22.3 Å². The number of aryl methyl sites for hydroxylation is 2. The van der Waals surface area contributed by atoms with E-state index in [0.717, 1.165) is 27.6 Å². The third-order valence-electron chi connectivity index (χ3n) is 4.67. The summed E-state index contributed by atoms with van der Waals surface area (Å²) in [5.41, 5.74) is 6.89. The lowest BCUT2D eigenvalue weighted by molar-refractivity contribution is -0.113. The van der Waals surface area contributed by atoms with Crippen molar-refractivity contribution < 1.29 is 4.79 Å². The molecule has 1 N–H and O–H groups in total. The van der Waals surface area contributed by atoms with E-state index in [2.05, 4.69) is 5.43 Å². The minimum atomic E-state index is -0.468. The highest BCUT2D eigenvalue weighted by atomic mass is 32.1. The molecule has 0 unspecified atom stereocenters. The van der Waals surface area contributed by atoms with Crippen molar-refractivity contribution in [3.05, 3.63) is 88.7 Å². The molecule has 0 spiro atoms. The molecule has 0 saturated heterocycles. The normalized spacial score (nSPS) is 11.3. The van der Waals surface area contributed by atoms with Crippen LogP contribution in [-0.4, -0.2) is 20.4 Å². The van der Waals surface area contributed by atoms with Crippen LogP contribution in [0.3, 0.4) is 0 Å². The van der Waals surface area contributed by atoms with Gasteiger partial charge in [-0.3, -0.25) is 14.9 Å². The van der Waals surface area contributed by atoms with E-state index in [1.165, 1.54) is 0 Å². The molecule has 0 radical (unpaired) electrons. The van der Waals surface area contributed by atoms with Gasteiger partial charge in [0.1, 0.15) is 17.3 Å². The zero-order valence-corrected chi connectivity index (χ0v) is 17.4. The average Bonchev–Trinajstić information content (AvgIpc) is 3.49. The summed E-state index contributed by atoms with van der Waals surface area (Å²) < 4.78 is 3.43. The fraction of sp³-hybridized carbons (Fsp3) is 0.0870. The number of nitrogens with one attached hydrogen (secondary N) is 1. The van der Waals surface area contributed by atoms with Crippen LogP contribution in [0.1, 0.15) is 17.0 Å². The number of amides is 1. The third kappa shape index (κ3) is 3.81. The standard InChI is InChI=1S/C23H19N5OS/c1-16-10-11-17(2)28(16)26-23(29)18(14-24)13-19-15-27(20-7-4-3-5-8-20)25-22(19)21-9-6-12-30-21/h3-13,15H,1-2H3,(H,26,29)/b18-13+. The van der Waals surface area contributed by atoms with Gasteiger partial charge in [0.05, 0.1) is 10.6 Å². The molecule has 0 saturated carbocycles. The highest BCUT2D eigenvalue weighted by Gasteiger charge is 2.16. The maximum absolute atomic E-state index is 12.8. The lowest BCUT2D eigenvalue weighted by Crippen LogP contribution is -2.25. The fourth-order valence-electron chi connectivity index (χ4n) is 3.12. The minimum Gasteiger partial charge on any atom is -0.267 e. The molecule has 7 heteroatoms. The largest absolute Gasteiger partial charge is 0.280 e. The fourth-order valence-corrected chi connectivity index (χ4v) is 3.85. The Morgan fingerprint density at radius 1 is 1.10 bits per heavy atom. The van der Waals surface area contributed by atoms with Crippen LogP contribution in [0.25, 0.3) is 22.3 Å². The van der Waals surface area contributed by atoms with Crippen LogP contribution in [0.15, 0.2) is 71.7 Å².